The van der Waals surface area contributed by atoms with Crippen molar-refractivity contribution < 1.29 is 35.9 Å². The molecule has 10 nitrogen and oxygen atoms in total. The summed E-state index contributed by atoms with van der Waals surface area (Å²) in [5.41, 5.74) is 0.996. The summed E-state index contributed by atoms with van der Waals surface area (Å²) in [6.07, 6.45) is -0.950. The number of aromatic nitrogens is 4. The van der Waals surface area contributed by atoms with Crippen LogP contribution in [0.3, 0.4) is 0 Å². The van der Waals surface area contributed by atoms with Gasteiger partial charge in [-0.1, -0.05) is 32.0 Å². The molecule has 6 rings (SSSR count). The highest BCUT2D eigenvalue weighted by atomic mass is 32.2. The zero-order valence-electron chi connectivity index (χ0n) is 25.8. The second-order valence-corrected chi connectivity index (χ2v) is 14.5. The first kappa shape index (κ1) is 32.1. The van der Waals surface area contributed by atoms with Crippen LogP contribution in [0.5, 0.6) is 5.88 Å². The minimum absolute atomic E-state index is 0.00814. The number of carbonyl (C=O) groups is 1. The first-order valence-electron chi connectivity index (χ1n) is 14.9. The average Bonchev–Trinajstić information content (AvgIpc) is 3.40. The Hall–Kier alpha value is -3.88. The first-order valence-corrected chi connectivity index (χ1v) is 16.3. The molecule has 1 atom stereocenters. The van der Waals surface area contributed by atoms with E-state index in [1.807, 2.05) is 25.1 Å². The maximum Gasteiger partial charge on any atom is 0.452 e. The average molecular weight is 658 g/mol. The summed E-state index contributed by atoms with van der Waals surface area (Å²) < 4.78 is 82.8. The first-order chi connectivity index (χ1) is 21.6. The molecule has 0 unspecified atom stereocenters. The number of pyridine rings is 2. The molecular weight excluding hydrogens is 623 g/mol. The molecule has 4 aromatic rings. The summed E-state index contributed by atoms with van der Waals surface area (Å²) >= 11 is 0. The van der Waals surface area contributed by atoms with Gasteiger partial charge in [-0.2, -0.15) is 17.5 Å². The Balaban J connectivity index is 1.43. The van der Waals surface area contributed by atoms with Crippen molar-refractivity contribution >= 4 is 21.5 Å². The van der Waals surface area contributed by atoms with Crippen molar-refractivity contribution in [1.29, 1.82) is 0 Å². The van der Waals surface area contributed by atoms with Crippen LogP contribution in [0, 0.1) is 12.3 Å². The fraction of sp³-hybridized carbons (Fsp3) is 0.438. The number of alkyl halides is 3. The molecule has 1 fully saturated rings. The number of hydrogen-bond donors (Lipinski definition) is 0. The summed E-state index contributed by atoms with van der Waals surface area (Å²) in [5, 5.41) is 7.09. The van der Waals surface area contributed by atoms with Crippen LogP contribution in [-0.2, 0) is 32.3 Å². The lowest BCUT2D eigenvalue weighted by molar-refractivity contribution is -0.145. The molecule has 0 N–H and O–H groups in total. The molecule has 46 heavy (non-hydrogen) atoms. The lowest BCUT2D eigenvalue weighted by Gasteiger charge is -2.38. The highest BCUT2D eigenvalue weighted by molar-refractivity contribution is 7.89. The smallest absolute Gasteiger partial charge is 0.452 e. The van der Waals surface area contributed by atoms with Gasteiger partial charge < -0.3 is 9.47 Å². The second-order valence-electron chi connectivity index (χ2n) is 12.6. The molecule has 2 aliphatic rings. The molecule has 1 spiro atoms. The van der Waals surface area contributed by atoms with Crippen LogP contribution in [0.2, 0.25) is 0 Å². The lowest BCUT2D eigenvalue weighted by atomic mass is 9.69. The third-order valence-corrected chi connectivity index (χ3v) is 11.0. The number of fused-ring (bicyclic) bond motifs is 2. The number of aryl methyl sites for hydroxylation is 1. The Morgan fingerprint density at radius 2 is 1.78 bits per heavy atom. The number of hydrogen-bond acceptors (Lipinski definition) is 8. The van der Waals surface area contributed by atoms with Gasteiger partial charge in [-0.3, -0.25) is 9.20 Å². The summed E-state index contributed by atoms with van der Waals surface area (Å²) in [7, 11) is -4.03. The van der Waals surface area contributed by atoms with E-state index >= 15 is 0 Å². The standard InChI is InChI=1S/C32H34F3N5O5S/c1-20-7-8-22(27(30(3,4)21(2)41)23-9-13-40-26(17-23)37-38-29(40)32(33,34)35)16-24(20)18-39-19-31(10-14-44-15-11-31)45-28-25(46(39,42)43)6-5-12-36-28/h5-9,12-13,16-17,27H,10-11,14-15,18-19H2,1-4H3/t27-/m0/s1. The van der Waals surface area contributed by atoms with Gasteiger partial charge in [-0.25, -0.2) is 13.4 Å². The van der Waals surface area contributed by atoms with Gasteiger partial charge >= 0.3 is 6.18 Å². The van der Waals surface area contributed by atoms with Crippen molar-refractivity contribution in [2.24, 2.45) is 5.41 Å². The molecule has 2 aliphatic heterocycles. The fourth-order valence-electron chi connectivity index (χ4n) is 6.32. The Bertz CT molecular complexity index is 1920. The van der Waals surface area contributed by atoms with Gasteiger partial charge in [0.2, 0.25) is 21.7 Å². The molecule has 3 aromatic heterocycles. The minimum Gasteiger partial charge on any atom is -0.468 e. The maximum absolute atomic E-state index is 14.1. The maximum atomic E-state index is 14.1. The van der Waals surface area contributed by atoms with Gasteiger partial charge in [0.15, 0.2) is 5.65 Å². The van der Waals surface area contributed by atoms with Crippen molar-refractivity contribution in [1.82, 2.24) is 23.9 Å². The number of rotatable bonds is 6. The fourth-order valence-corrected chi connectivity index (χ4v) is 7.87. The Morgan fingerprint density at radius 1 is 1.07 bits per heavy atom. The van der Waals surface area contributed by atoms with Gasteiger partial charge in [0.25, 0.3) is 0 Å². The molecule has 0 radical (unpaired) electrons. The Morgan fingerprint density at radius 3 is 2.48 bits per heavy atom. The van der Waals surface area contributed by atoms with Crippen LogP contribution >= 0.6 is 0 Å². The molecular formula is C32H34F3N5O5S. The third-order valence-electron chi connectivity index (χ3n) is 9.24. The summed E-state index contributed by atoms with van der Waals surface area (Å²) in [4.78, 5) is 17.3. The van der Waals surface area contributed by atoms with E-state index in [0.29, 0.717) is 42.7 Å². The van der Waals surface area contributed by atoms with E-state index in [2.05, 4.69) is 15.2 Å². The molecule has 1 saturated heterocycles. The monoisotopic (exact) mass is 657 g/mol. The van der Waals surface area contributed by atoms with E-state index < -0.39 is 39.0 Å². The van der Waals surface area contributed by atoms with Gasteiger partial charge in [0.1, 0.15) is 16.3 Å². The van der Waals surface area contributed by atoms with E-state index in [-0.39, 0.29) is 35.3 Å². The molecule has 0 saturated carbocycles. The third kappa shape index (κ3) is 5.66. The zero-order valence-corrected chi connectivity index (χ0v) is 26.7. The molecule has 5 heterocycles. The van der Waals surface area contributed by atoms with Crippen molar-refractivity contribution in [2.75, 3.05) is 19.8 Å². The van der Waals surface area contributed by atoms with Crippen molar-refractivity contribution in [3.63, 3.8) is 0 Å². The molecule has 0 amide bonds. The lowest BCUT2D eigenvalue weighted by Crippen LogP contribution is -2.50. The second kappa shape index (κ2) is 11.4. The molecule has 244 valence electrons. The topological polar surface area (TPSA) is 116 Å². The van der Waals surface area contributed by atoms with Crippen molar-refractivity contribution in [2.45, 2.75) is 69.7 Å². The number of nitrogens with zero attached hydrogens (tertiary/aromatic N) is 5. The van der Waals surface area contributed by atoms with Crippen LogP contribution < -0.4 is 4.74 Å². The highest BCUT2D eigenvalue weighted by Crippen LogP contribution is 2.44. The number of Topliss-reactive ketones (excluding diaryl/α,β-unsaturated/α-hetero) is 1. The normalized spacial score (nSPS) is 18.9. The van der Waals surface area contributed by atoms with E-state index in [1.54, 1.807) is 19.9 Å². The predicted molar refractivity (Wildman–Crippen MR) is 161 cm³/mol. The van der Waals surface area contributed by atoms with Crippen LogP contribution in [0.25, 0.3) is 5.65 Å². The Kier molecular flexibility index (Phi) is 7.97. The van der Waals surface area contributed by atoms with Crippen molar-refractivity contribution in [3.05, 3.63) is 82.9 Å². The predicted octanol–water partition coefficient (Wildman–Crippen LogP) is 5.33. The van der Waals surface area contributed by atoms with Gasteiger partial charge in [-0.15, -0.1) is 10.2 Å². The highest BCUT2D eigenvalue weighted by Gasteiger charge is 2.46. The van der Waals surface area contributed by atoms with E-state index in [1.165, 1.54) is 41.8 Å². The molecule has 0 aliphatic carbocycles. The summed E-state index contributed by atoms with van der Waals surface area (Å²) in [6.45, 7) is 7.88. The SMILES string of the molecule is CC(=O)C(C)(C)[C@@H](c1ccc(C)c(CN2CC3(CCOCC3)Oc3ncccc3S2(=O)=O)c1)c1ccn2c(C(F)(F)F)nnc2c1. The largest absolute Gasteiger partial charge is 0.468 e. The van der Waals surface area contributed by atoms with E-state index in [4.69, 9.17) is 9.47 Å². The number of ketones is 1. The van der Waals surface area contributed by atoms with Gasteiger partial charge in [0, 0.05) is 43.1 Å². The minimum atomic E-state index is -4.69. The summed E-state index contributed by atoms with van der Waals surface area (Å²) in [6, 6.07) is 11.7. The van der Waals surface area contributed by atoms with Gasteiger partial charge in [0.05, 0.1) is 19.8 Å². The van der Waals surface area contributed by atoms with Crippen LogP contribution in [0.4, 0.5) is 13.2 Å². The summed E-state index contributed by atoms with van der Waals surface area (Å²) in [5.74, 6) is -1.81. The number of ether oxygens (including phenoxy) is 2. The quantitative estimate of drug-likeness (QED) is 0.273. The van der Waals surface area contributed by atoms with Crippen molar-refractivity contribution in [3.8, 4) is 5.88 Å². The Labute approximate surface area is 264 Å². The number of carbonyl (C=O) groups excluding carboxylic acids is 1. The van der Waals surface area contributed by atoms with E-state index in [9.17, 15) is 26.4 Å². The van der Waals surface area contributed by atoms with E-state index in [0.717, 1.165) is 9.96 Å². The van der Waals surface area contributed by atoms with Crippen LogP contribution in [-0.4, -0.2) is 63.4 Å². The number of benzene rings is 1. The zero-order chi connectivity index (χ0) is 33.1. The molecule has 1 aromatic carbocycles. The molecule has 14 heteroatoms. The molecule has 0 bridgehead atoms. The van der Waals surface area contributed by atoms with Gasteiger partial charge in [-0.05, 0) is 60.4 Å². The number of halogens is 3. The van der Waals surface area contributed by atoms with Crippen LogP contribution in [0.15, 0.2) is 59.8 Å². The number of sulfonamides is 1. The van der Waals surface area contributed by atoms with Crippen LogP contribution in [0.1, 0.15) is 67.6 Å².